The summed E-state index contributed by atoms with van der Waals surface area (Å²) in [7, 11) is 0. The van der Waals surface area contributed by atoms with Crippen LogP contribution in [0.1, 0.15) is 58.8 Å². The number of hydrogen-bond acceptors (Lipinski definition) is 2. The SMILES string of the molecule is CCC(CC)(CCO)CN=C(N)N1CCCCCC1. The molecule has 112 valence electrons. The molecule has 0 unspecified atom stereocenters. The van der Waals surface area contributed by atoms with E-state index in [9.17, 15) is 5.11 Å². The first-order valence-electron chi connectivity index (χ1n) is 7.83. The molecule has 0 atom stereocenters. The van der Waals surface area contributed by atoms with Gasteiger partial charge in [0.1, 0.15) is 0 Å². The van der Waals surface area contributed by atoms with E-state index in [1.54, 1.807) is 0 Å². The first-order chi connectivity index (χ1) is 9.17. The molecule has 0 bridgehead atoms. The zero-order valence-corrected chi connectivity index (χ0v) is 12.7. The predicted molar refractivity (Wildman–Crippen MR) is 81.2 cm³/mol. The predicted octanol–water partition coefficient (Wildman–Crippen LogP) is 2.37. The molecule has 0 aliphatic carbocycles. The monoisotopic (exact) mass is 269 g/mol. The van der Waals surface area contributed by atoms with Crippen molar-refractivity contribution in [3.63, 3.8) is 0 Å². The molecule has 4 nitrogen and oxygen atoms in total. The summed E-state index contributed by atoms with van der Waals surface area (Å²) in [4.78, 5) is 6.86. The maximum atomic E-state index is 9.23. The number of nitrogens with two attached hydrogens (primary N) is 1. The van der Waals surface area contributed by atoms with Crippen LogP contribution in [0.15, 0.2) is 4.99 Å². The van der Waals surface area contributed by atoms with Gasteiger partial charge in [0.2, 0.25) is 0 Å². The molecular formula is C15H31N3O. The summed E-state index contributed by atoms with van der Waals surface area (Å²) in [5.74, 6) is 0.700. The van der Waals surface area contributed by atoms with Crippen LogP contribution >= 0.6 is 0 Å². The van der Waals surface area contributed by atoms with Gasteiger partial charge in [-0.3, -0.25) is 4.99 Å². The second kappa shape index (κ2) is 8.41. The molecule has 1 heterocycles. The van der Waals surface area contributed by atoms with E-state index >= 15 is 0 Å². The number of nitrogens with zero attached hydrogens (tertiary/aromatic N) is 2. The molecule has 0 aromatic rings. The van der Waals surface area contributed by atoms with Crippen LogP contribution < -0.4 is 5.73 Å². The lowest BCUT2D eigenvalue weighted by atomic mass is 9.79. The van der Waals surface area contributed by atoms with Crippen LogP contribution in [0.2, 0.25) is 0 Å². The van der Waals surface area contributed by atoms with Crippen molar-refractivity contribution in [2.24, 2.45) is 16.1 Å². The van der Waals surface area contributed by atoms with Crippen molar-refractivity contribution in [1.82, 2.24) is 4.90 Å². The third-order valence-electron chi connectivity index (χ3n) is 4.65. The highest BCUT2D eigenvalue weighted by atomic mass is 16.3. The van der Waals surface area contributed by atoms with Gasteiger partial charge in [-0.25, -0.2) is 0 Å². The summed E-state index contributed by atoms with van der Waals surface area (Å²) in [5, 5.41) is 9.23. The van der Waals surface area contributed by atoms with E-state index in [2.05, 4.69) is 23.7 Å². The zero-order valence-electron chi connectivity index (χ0n) is 12.7. The maximum Gasteiger partial charge on any atom is 0.191 e. The van der Waals surface area contributed by atoms with E-state index in [0.29, 0.717) is 5.96 Å². The lowest BCUT2D eigenvalue weighted by Gasteiger charge is -2.30. The molecule has 1 saturated heterocycles. The number of aliphatic hydroxyl groups excluding tert-OH is 1. The minimum Gasteiger partial charge on any atom is -0.396 e. The molecule has 0 aromatic heterocycles. The first-order valence-corrected chi connectivity index (χ1v) is 7.83. The highest BCUT2D eigenvalue weighted by Crippen LogP contribution is 2.30. The minimum absolute atomic E-state index is 0.116. The van der Waals surface area contributed by atoms with Gasteiger partial charge in [0, 0.05) is 26.2 Å². The number of guanidine groups is 1. The Morgan fingerprint density at radius 3 is 2.21 bits per heavy atom. The number of rotatable bonds is 6. The van der Waals surface area contributed by atoms with Crippen LogP contribution in [0.25, 0.3) is 0 Å². The molecule has 0 saturated carbocycles. The first kappa shape index (κ1) is 16.3. The van der Waals surface area contributed by atoms with Crippen LogP contribution in [0.5, 0.6) is 0 Å². The molecule has 4 heteroatoms. The third-order valence-corrected chi connectivity index (χ3v) is 4.65. The summed E-state index contributed by atoms with van der Waals surface area (Å²) in [6, 6.07) is 0. The Morgan fingerprint density at radius 2 is 1.74 bits per heavy atom. The molecule has 0 spiro atoms. The Hall–Kier alpha value is -0.770. The van der Waals surface area contributed by atoms with Crippen molar-refractivity contribution in [1.29, 1.82) is 0 Å². The van der Waals surface area contributed by atoms with Crippen LogP contribution in [-0.2, 0) is 0 Å². The summed E-state index contributed by atoms with van der Waals surface area (Å²) in [5.41, 5.74) is 6.26. The van der Waals surface area contributed by atoms with Gasteiger partial charge < -0.3 is 15.7 Å². The average molecular weight is 269 g/mol. The molecular weight excluding hydrogens is 238 g/mol. The fourth-order valence-electron chi connectivity index (χ4n) is 2.79. The summed E-state index contributed by atoms with van der Waals surface area (Å²) in [6.07, 6.45) is 7.96. The van der Waals surface area contributed by atoms with E-state index in [4.69, 9.17) is 5.73 Å². The smallest absolute Gasteiger partial charge is 0.191 e. The minimum atomic E-state index is 0.116. The van der Waals surface area contributed by atoms with E-state index in [-0.39, 0.29) is 12.0 Å². The Bertz CT molecular complexity index is 267. The molecule has 1 aliphatic heterocycles. The quantitative estimate of drug-likeness (QED) is 0.575. The summed E-state index contributed by atoms with van der Waals surface area (Å²) < 4.78 is 0. The fraction of sp³-hybridized carbons (Fsp3) is 0.933. The van der Waals surface area contributed by atoms with E-state index in [0.717, 1.165) is 38.9 Å². The summed E-state index contributed by atoms with van der Waals surface area (Å²) >= 11 is 0. The number of likely N-dealkylation sites (tertiary alicyclic amines) is 1. The fourth-order valence-corrected chi connectivity index (χ4v) is 2.79. The Kier molecular flexibility index (Phi) is 7.21. The van der Waals surface area contributed by atoms with E-state index in [1.165, 1.54) is 25.7 Å². The second-order valence-corrected chi connectivity index (χ2v) is 5.76. The maximum absolute atomic E-state index is 9.23. The molecule has 0 radical (unpaired) electrons. The molecule has 19 heavy (non-hydrogen) atoms. The van der Waals surface area contributed by atoms with Crippen LogP contribution in [-0.4, -0.2) is 42.2 Å². The molecule has 1 aliphatic rings. The molecule has 0 amide bonds. The molecule has 1 rings (SSSR count). The number of aliphatic hydroxyl groups is 1. The topological polar surface area (TPSA) is 61.9 Å². The van der Waals surface area contributed by atoms with Crippen molar-refractivity contribution >= 4 is 5.96 Å². The van der Waals surface area contributed by atoms with Crippen LogP contribution in [0.3, 0.4) is 0 Å². The van der Waals surface area contributed by atoms with Gasteiger partial charge in [-0.05, 0) is 37.5 Å². The molecule has 1 fully saturated rings. The van der Waals surface area contributed by atoms with Gasteiger partial charge >= 0.3 is 0 Å². The van der Waals surface area contributed by atoms with Gasteiger partial charge in [0.15, 0.2) is 5.96 Å². The standard InChI is InChI=1S/C15H31N3O/c1-3-15(4-2,9-12-19)13-17-14(16)18-10-7-5-6-8-11-18/h19H,3-13H2,1-2H3,(H2,16,17). The van der Waals surface area contributed by atoms with Gasteiger partial charge in [-0.1, -0.05) is 26.7 Å². The van der Waals surface area contributed by atoms with Crippen molar-refractivity contribution in [2.45, 2.75) is 58.8 Å². The Balaban J connectivity index is 2.60. The molecule has 3 N–H and O–H groups in total. The number of aliphatic imine (C=N–C) groups is 1. The van der Waals surface area contributed by atoms with Crippen molar-refractivity contribution in [3.05, 3.63) is 0 Å². The van der Waals surface area contributed by atoms with Gasteiger partial charge in [-0.15, -0.1) is 0 Å². The third kappa shape index (κ3) is 5.01. The van der Waals surface area contributed by atoms with Gasteiger partial charge in [0.05, 0.1) is 0 Å². The van der Waals surface area contributed by atoms with E-state index < -0.39 is 0 Å². The van der Waals surface area contributed by atoms with Crippen LogP contribution in [0.4, 0.5) is 0 Å². The van der Waals surface area contributed by atoms with Gasteiger partial charge in [-0.2, -0.15) is 0 Å². The van der Waals surface area contributed by atoms with Crippen molar-refractivity contribution in [3.8, 4) is 0 Å². The number of hydrogen-bond donors (Lipinski definition) is 2. The average Bonchev–Trinajstić information content (AvgIpc) is 2.72. The Labute approximate surface area is 118 Å². The van der Waals surface area contributed by atoms with Crippen molar-refractivity contribution in [2.75, 3.05) is 26.2 Å². The normalized spacial score (nSPS) is 18.5. The zero-order chi connectivity index (χ0) is 14.1. The lowest BCUT2D eigenvalue weighted by molar-refractivity contribution is 0.175. The highest BCUT2D eigenvalue weighted by molar-refractivity contribution is 5.78. The lowest BCUT2D eigenvalue weighted by Crippen LogP contribution is -2.39. The van der Waals surface area contributed by atoms with Crippen molar-refractivity contribution < 1.29 is 5.11 Å². The highest BCUT2D eigenvalue weighted by Gasteiger charge is 2.25. The largest absolute Gasteiger partial charge is 0.396 e. The van der Waals surface area contributed by atoms with E-state index in [1.807, 2.05) is 0 Å². The molecule has 0 aromatic carbocycles. The summed E-state index contributed by atoms with van der Waals surface area (Å²) in [6.45, 7) is 7.42. The second-order valence-electron chi connectivity index (χ2n) is 5.76. The van der Waals surface area contributed by atoms with Gasteiger partial charge in [0.25, 0.3) is 0 Å². The van der Waals surface area contributed by atoms with Crippen LogP contribution in [0, 0.1) is 5.41 Å². The Morgan fingerprint density at radius 1 is 1.16 bits per heavy atom.